The van der Waals surface area contributed by atoms with Crippen molar-refractivity contribution in [1.29, 1.82) is 0 Å². The molecule has 1 atom stereocenters. The number of rotatable bonds is 3. The number of ether oxygens (including phenoxy) is 1. The number of benzene rings is 2. The molecular weight excluding hydrogens is 382 g/mol. The molecule has 2 aromatic carbocycles. The minimum Gasteiger partial charge on any atom is -0.508 e. The van der Waals surface area contributed by atoms with Crippen molar-refractivity contribution in [2.75, 3.05) is 19.7 Å². The molecule has 2 aliphatic rings. The number of aliphatic imine (C=N–C) groups is 1. The second-order valence-electron chi connectivity index (χ2n) is 7.79. The van der Waals surface area contributed by atoms with E-state index in [4.69, 9.17) is 9.73 Å². The molecule has 1 spiro atoms. The molecule has 4 rings (SSSR count). The minimum atomic E-state index is -0.547. The SMILES string of the molecule is CCOC(=O)N1CCC2(CC1)N=C(c1cccc(O)c1)C[C@H](c1ccccc1O)N2. The van der Waals surface area contributed by atoms with E-state index >= 15 is 0 Å². The molecule has 0 aromatic heterocycles. The molecule has 7 nitrogen and oxygen atoms in total. The van der Waals surface area contributed by atoms with Crippen molar-refractivity contribution in [2.45, 2.75) is 37.9 Å². The van der Waals surface area contributed by atoms with Gasteiger partial charge in [-0.15, -0.1) is 0 Å². The summed E-state index contributed by atoms with van der Waals surface area (Å²) in [7, 11) is 0. The van der Waals surface area contributed by atoms with Crippen molar-refractivity contribution in [3.05, 3.63) is 59.7 Å². The fourth-order valence-corrected chi connectivity index (χ4v) is 4.27. The van der Waals surface area contributed by atoms with Gasteiger partial charge in [-0.3, -0.25) is 10.3 Å². The Bertz CT molecular complexity index is 951. The number of hydrogen-bond donors (Lipinski definition) is 3. The average molecular weight is 409 g/mol. The molecule has 0 unspecified atom stereocenters. The fourth-order valence-electron chi connectivity index (χ4n) is 4.27. The Morgan fingerprint density at radius 1 is 1.20 bits per heavy atom. The standard InChI is InChI=1S/C23H27N3O4/c1-2-30-22(29)26-12-10-23(11-13-26)24-19(16-6-5-7-17(27)14-16)15-20(25-23)18-8-3-4-9-21(18)28/h3-9,14,20,25,27-28H,2,10-13,15H2,1H3/t20-/m1/s1. The van der Waals surface area contributed by atoms with Crippen LogP contribution >= 0.6 is 0 Å². The van der Waals surface area contributed by atoms with Gasteiger partial charge in [0.25, 0.3) is 0 Å². The summed E-state index contributed by atoms with van der Waals surface area (Å²) in [5, 5.41) is 24.0. The van der Waals surface area contributed by atoms with E-state index in [0.717, 1.165) is 16.8 Å². The summed E-state index contributed by atoms with van der Waals surface area (Å²) in [5.41, 5.74) is 2.01. The summed E-state index contributed by atoms with van der Waals surface area (Å²) in [6.07, 6.45) is 1.57. The van der Waals surface area contributed by atoms with Crippen molar-refractivity contribution >= 4 is 11.8 Å². The van der Waals surface area contributed by atoms with Gasteiger partial charge in [0.05, 0.1) is 6.61 Å². The number of phenols is 2. The zero-order valence-electron chi connectivity index (χ0n) is 17.0. The van der Waals surface area contributed by atoms with E-state index in [1.54, 1.807) is 42.2 Å². The van der Waals surface area contributed by atoms with Crippen molar-refractivity contribution in [2.24, 2.45) is 4.99 Å². The molecule has 1 amide bonds. The molecule has 2 heterocycles. The van der Waals surface area contributed by atoms with Gasteiger partial charge >= 0.3 is 6.09 Å². The van der Waals surface area contributed by atoms with Crippen LogP contribution in [0.15, 0.2) is 53.5 Å². The third kappa shape index (κ3) is 4.11. The monoisotopic (exact) mass is 409 g/mol. The van der Waals surface area contributed by atoms with Crippen LogP contribution in [0.5, 0.6) is 11.5 Å². The van der Waals surface area contributed by atoms with Gasteiger partial charge < -0.3 is 19.8 Å². The summed E-state index contributed by atoms with van der Waals surface area (Å²) >= 11 is 0. The van der Waals surface area contributed by atoms with E-state index < -0.39 is 5.66 Å². The molecule has 1 fully saturated rings. The third-order valence-corrected chi connectivity index (χ3v) is 5.80. The Morgan fingerprint density at radius 2 is 1.97 bits per heavy atom. The van der Waals surface area contributed by atoms with Crippen LogP contribution in [0.2, 0.25) is 0 Å². The number of carbonyl (C=O) groups is 1. The number of para-hydroxylation sites is 1. The Labute approximate surface area is 176 Å². The molecule has 3 N–H and O–H groups in total. The van der Waals surface area contributed by atoms with Gasteiger partial charge in [0.1, 0.15) is 17.2 Å². The van der Waals surface area contributed by atoms with Crippen LogP contribution in [0.1, 0.15) is 43.4 Å². The highest BCUT2D eigenvalue weighted by Gasteiger charge is 2.41. The molecule has 0 saturated carbocycles. The van der Waals surface area contributed by atoms with Crippen molar-refractivity contribution < 1.29 is 19.7 Å². The zero-order valence-corrected chi connectivity index (χ0v) is 17.0. The molecule has 0 radical (unpaired) electrons. The second kappa shape index (κ2) is 8.36. The van der Waals surface area contributed by atoms with Gasteiger partial charge in [0.15, 0.2) is 0 Å². The third-order valence-electron chi connectivity index (χ3n) is 5.80. The van der Waals surface area contributed by atoms with Crippen molar-refractivity contribution in [3.63, 3.8) is 0 Å². The quantitative estimate of drug-likeness (QED) is 0.721. The molecule has 0 bridgehead atoms. The number of nitrogens with zero attached hydrogens (tertiary/aromatic N) is 2. The number of piperidine rings is 1. The van der Waals surface area contributed by atoms with Gasteiger partial charge in [-0.1, -0.05) is 30.3 Å². The summed E-state index contributed by atoms with van der Waals surface area (Å²) in [5.74, 6) is 0.435. The maximum absolute atomic E-state index is 12.1. The van der Waals surface area contributed by atoms with Crippen LogP contribution in [-0.4, -0.2) is 52.3 Å². The highest BCUT2D eigenvalue weighted by molar-refractivity contribution is 6.02. The molecule has 2 aromatic rings. The van der Waals surface area contributed by atoms with Gasteiger partial charge in [-0.25, -0.2) is 4.79 Å². The predicted molar refractivity (Wildman–Crippen MR) is 114 cm³/mol. The first-order chi connectivity index (χ1) is 14.5. The zero-order chi connectivity index (χ0) is 21.1. The van der Waals surface area contributed by atoms with E-state index in [-0.39, 0.29) is 23.6 Å². The van der Waals surface area contributed by atoms with E-state index in [9.17, 15) is 15.0 Å². The lowest BCUT2D eigenvalue weighted by Crippen LogP contribution is -2.56. The Balaban J connectivity index is 1.65. The Hall–Kier alpha value is -3.06. The summed E-state index contributed by atoms with van der Waals surface area (Å²) in [6.45, 7) is 3.23. The first-order valence-corrected chi connectivity index (χ1v) is 10.3. The lowest BCUT2D eigenvalue weighted by molar-refractivity contribution is 0.0778. The number of nitrogens with one attached hydrogen (secondary N) is 1. The summed E-state index contributed by atoms with van der Waals surface area (Å²) in [4.78, 5) is 18.9. The van der Waals surface area contributed by atoms with E-state index in [2.05, 4.69) is 5.32 Å². The fraction of sp³-hybridized carbons (Fsp3) is 0.391. The molecule has 158 valence electrons. The van der Waals surface area contributed by atoms with Gasteiger partial charge in [-0.05, 0) is 30.7 Å². The number of carbonyl (C=O) groups excluding carboxylic acids is 1. The number of hydrogen-bond acceptors (Lipinski definition) is 6. The van der Waals surface area contributed by atoms with Crippen LogP contribution in [0, 0.1) is 0 Å². The van der Waals surface area contributed by atoms with Gasteiger partial charge in [0, 0.05) is 49.7 Å². The lowest BCUT2D eigenvalue weighted by Gasteiger charge is -2.45. The maximum atomic E-state index is 12.1. The Kier molecular flexibility index (Phi) is 5.63. The van der Waals surface area contributed by atoms with Crippen LogP contribution in [0.4, 0.5) is 4.79 Å². The van der Waals surface area contributed by atoms with Crippen LogP contribution in [-0.2, 0) is 4.74 Å². The normalized spacial score (nSPS) is 20.6. The van der Waals surface area contributed by atoms with Crippen LogP contribution in [0.3, 0.4) is 0 Å². The largest absolute Gasteiger partial charge is 0.508 e. The van der Waals surface area contributed by atoms with Gasteiger partial charge in [0.2, 0.25) is 0 Å². The number of phenolic OH excluding ortho intramolecular Hbond substituents is 2. The summed E-state index contributed by atoms with van der Waals surface area (Å²) in [6, 6.07) is 14.3. The number of aromatic hydroxyl groups is 2. The Morgan fingerprint density at radius 3 is 2.67 bits per heavy atom. The van der Waals surface area contributed by atoms with Crippen LogP contribution < -0.4 is 5.32 Å². The number of likely N-dealkylation sites (tertiary alicyclic amines) is 1. The first kappa shape index (κ1) is 20.2. The topological polar surface area (TPSA) is 94.4 Å². The molecule has 1 saturated heterocycles. The first-order valence-electron chi connectivity index (χ1n) is 10.3. The van der Waals surface area contributed by atoms with Crippen molar-refractivity contribution in [3.8, 4) is 11.5 Å². The smallest absolute Gasteiger partial charge is 0.409 e. The van der Waals surface area contributed by atoms with E-state index in [1.165, 1.54) is 0 Å². The second-order valence-corrected chi connectivity index (χ2v) is 7.79. The van der Waals surface area contributed by atoms with Gasteiger partial charge in [-0.2, -0.15) is 0 Å². The highest BCUT2D eigenvalue weighted by Crippen LogP contribution is 2.37. The lowest BCUT2D eigenvalue weighted by atomic mass is 9.87. The molecule has 2 aliphatic heterocycles. The molecular formula is C23H27N3O4. The van der Waals surface area contributed by atoms with E-state index in [1.807, 2.05) is 18.2 Å². The van der Waals surface area contributed by atoms with Crippen LogP contribution in [0.25, 0.3) is 0 Å². The molecule has 30 heavy (non-hydrogen) atoms. The highest BCUT2D eigenvalue weighted by atomic mass is 16.6. The average Bonchev–Trinajstić information content (AvgIpc) is 2.74. The van der Waals surface area contributed by atoms with E-state index in [0.29, 0.717) is 39.0 Å². The number of amides is 1. The predicted octanol–water partition coefficient (Wildman–Crippen LogP) is 3.57. The molecule has 7 heteroatoms. The molecule has 0 aliphatic carbocycles. The maximum Gasteiger partial charge on any atom is 0.409 e. The minimum absolute atomic E-state index is 0.129. The summed E-state index contributed by atoms with van der Waals surface area (Å²) < 4.78 is 5.14. The van der Waals surface area contributed by atoms with Crippen molar-refractivity contribution in [1.82, 2.24) is 10.2 Å².